The van der Waals surface area contributed by atoms with Gasteiger partial charge in [-0.15, -0.1) is 0 Å². The van der Waals surface area contributed by atoms with Crippen LogP contribution in [0.5, 0.6) is 11.5 Å². The van der Waals surface area contributed by atoms with Crippen LogP contribution in [-0.4, -0.2) is 31.7 Å². The van der Waals surface area contributed by atoms with Crippen LogP contribution in [0.15, 0.2) is 42.5 Å². The zero-order valence-electron chi connectivity index (χ0n) is 16.2. The summed E-state index contributed by atoms with van der Waals surface area (Å²) in [5, 5.41) is 3.36. The minimum atomic E-state index is -0.616. The van der Waals surface area contributed by atoms with Gasteiger partial charge in [0.25, 0.3) is 5.91 Å². The number of hydrogen-bond acceptors (Lipinski definition) is 5. The summed E-state index contributed by atoms with van der Waals surface area (Å²) in [5.74, 6) is -0.0156. The predicted octanol–water partition coefficient (Wildman–Crippen LogP) is 4.17. The minimum Gasteiger partial charge on any atom is -0.490 e. The first-order valence-corrected chi connectivity index (χ1v) is 9.44. The van der Waals surface area contributed by atoms with Crippen molar-refractivity contribution in [3.05, 3.63) is 58.6 Å². The van der Waals surface area contributed by atoms with E-state index in [9.17, 15) is 9.59 Å². The Labute approximate surface area is 169 Å². The molecule has 1 amide bonds. The van der Waals surface area contributed by atoms with Crippen molar-refractivity contribution in [3.63, 3.8) is 0 Å². The first-order chi connectivity index (χ1) is 13.4. The van der Waals surface area contributed by atoms with Crippen LogP contribution >= 0.6 is 11.6 Å². The van der Waals surface area contributed by atoms with Crippen LogP contribution in [0.25, 0.3) is 0 Å². The number of amides is 1. The summed E-state index contributed by atoms with van der Waals surface area (Å²) in [5.41, 5.74) is 1.14. The van der Waals surface area contributed by atoms with E-state index in [0.717, 1.165) is 5.56 Å². The summed E-state index contributed by atoms with van der Waals surface area (Å²) in [6.45, 7) is 6.05. The van der Waals surface area contributed by atoms with Crippen molar-refractivity contribution >= 4 is 23.5 Å². The summed E-state index contributed by atoms with van der Waals surface area (Å²) in [7, 11) is 0. The van der Waals surface area contributed by atoms with Crippen molar-refractivity contribution in [1.82, 2.24) is 5.32 Å². The number of esters is 1. The van der Waals surface area contributed by atoms with Crippen molar-refractivity contribution in [1.29, 1.82) is 0 Å². The highest BCUT2D eigenvalue weighted by Gasteiger charge is 2.15. The molecular weight excluding hydrogens is 382 g/mol. The van der Waals surface area contributed by atoms with Crippen molar-refractivity contribution in [2.75, 3.05) is 19.8 Å². The summed E-state index contributed by atoms with van der Waals surface area (Å²) in [6, 6.07) is 11.7. The maximum atomic E-state index is 12.3. The normalized spacial score (nSPS) is 11.4. The molecule has 0 saturated carbocycles. The van der Waals surface area contributed by atoms with Gasteiger partial charge in [-0.2, -0.15) is 0 Å². The Bertz CT molecular complexity index is 824. The smallest absolute Gasteiger partial charge is 0.338 e. The number of rotatable bonds is 9. The third kappa shape index (κ3) is 6.16. The number of benzene rings is 2. The molecule has 0 heterocycles. The van der Waals surface area contributed by atoms with Gasteiger partial charge in [0.2, 0.25) is 0 Å². The van der Waals surface area contributed by atoms with Gasteiger partial charge in [-0.3, -0.25) is 4.79 Å². The van der Waals surface area contributed by atoms with Crippen LogP contribution in [0.1, 0.15) is 42.7 Å². The fraction of sp³-hybridized carbons (Fsp3) is 0.333. The highest BCUT2D eigenvalue weighted by atomic mass is 35.5. The van der Waals surface area contributed by atoms with Gasteiger partial charge >= 0.3 is 5.97 Å². The zero-order chi connectivity index (χ0) is 20.5. The van der Waals surface area contributed by atoms with Crippen LogP contribution in [0.3, 0.4) is 0 Å². The van der Waals surface area contributed by atoms with E-state index in [1.54, 1.807) is 30.3 Å². The van der Waals surface area contributed by atoms with Gasteiger partial charge in [0.15, 0.2) is 18.1 Å². The average molecular weight is 406 g/mol. The van der Waals surface area contributed by atoms with E-state index in [-0.39, 0.29) is 18.2 Å². The highest BCUT2D eigenvalue weighted by molar-refractivity contribution is 6.30. The predicted molar refractivity (Wildman–Crippen MR) is 107 cm³/mol. The van der Waals surface area contributed by atoms with Gasteiger partial charge in [0.05, 0.1) is 24.8 Å². The summed E-state index contributed by atoms with van der Waals surface area (Å²) >= 11 is 5.96. The van der Waals surface area contributed by atoms with Crippen LogP contribution in [-0.2, 0) is 9.53 Å². The molecule has 0 saturated heterocycles. The van der Waals surface area contributed by atoms with Crippen LogP contribution in [0.2, 0.25) is 5.02 Å². The molecule has 150 valence electrons. The number of nitrogens with one attached hydrogen (secondary N) is 1. The number of carbonyl (C=O) groups is 2. The fourth-order valence-electron chi connectivity index (χ4n) is 2.53. The third-order valence-electron chi connectivity index (χ3n) is 3.84. The van der Waals surface area contributed by atoms with Crippen molar-refractivity contribution < 1.29 is 23.8 Å². The van der Waals surface area contributed by atoms with Crippen LogP contribution in [0, 0.1) is 0 Å². The Kier molecular flexibility index (Phi) is 8.14. The van der Waals surface area contributed by atoms with E-state index in [2.05, 4.69) is 5.32 Å². The van der Waals surface area contributed by atoms with Gasteiger partial charge in [-0.05, 0) is 56.7 Å². The van der Waals surface area contributed by atoms with E-state index in [1.807, 2.05) is 32.9 Å². The summed E-state index contributed by atoms with van der Waals surface area (Å²) in [6.07, 6.45) is 0. The molecule has 0 unspecified atom stereocenters. The van der Waals surface area contributed by atoms with E-state index in [0.29, 0.717) is 29.7 Å². The molecule has 0 aromatic heterocycles. The fourth-order valence-corrected chi connectivity index (χ4v) is 2.73. The highest BCUT2D eigenvalue weighted by Crippen LogP contribution is 2.28. The van der Waals surface area contributed by atoms with Gasteiger partial charge in [-0.25, -0.2) is 4.79 Å². The largest absolute Gasteiger partial charge is 0.490 e. The van der Waals surface area contributed by atoms with Gasteiger partial charge < -0.3 is 19.5 Å². The molecule has 0 aliphatic heterocycles. The van der Waals surface area contributed by atoms with Crippen molar-refractivity contribution in [3.8, 4) is 11.5 Å². The molecule has 0 spiro atoms. The van der Waals surface area contributed by atoms with Gasteiger partial charge in [-0.1, -0.05) is 23.7 Å². The Balaban J connectivity index is 1.93. The monoisotopic (exact) mass is 405 g/mol. The second kappa shape index (κ2) is 10.6. The first-order valence-electron chi connectivity index (χ1n) is 9.06. The van der Waals surface area contributed by atoms with Crippen LogP contribution in [0.4, 0.5) is 0 Å². The molecule has 0 aliphatic rings. The Morgan fingerprint density at radius 2 is 1.75 bits per heavy atom. The molecule has 7 heteroatoms. The molecule has 1 N–H and O–H groups in total. The number of ether oxygens (including phenoxy) is 3. The molecule has 6 nitrogen and oxygen atoms in total. The lowest BCUT2D eigenvalue weighted by molar-refractivity contribution is -0.124. The summed E-state index contributed by atoms with van der Waals surface area (Å²) in [4.78, 5) is 24.3. The minimum absolute atomic E-state index is 0.264. The third-order valence-corrected chi connectivity index (χ3v) is 4.07. The molecule has 2 aromatic rings. The lowest BCUT2D eigenvalue weighted by Crippen LogP contribution is -2.31. The lowest BCUT2D eigenvalue weighted by Gasteiger charge is -2.15. The van der Waals surface area contributed by atoms with E-state index >= 15 is 0 Å². The summed E-state index contributed by atoms with van der Waals surface area (Å²) < 4.78 is 16.1. The number of hydrogen-bond donors (Lipinski definition) is 1. The van der Waals surface area contributed by atoms with Gasteiger partial charge in [0.1, 0.15) is 0 Å². The Morgan fingerprint density at radius 3 is 2.43 bits per heavy atom. The SMILES string of the molecule is CCOc1ccc(C(=O)OCC(=O)N[C@@H](C)c2cccc(Cl)c2)cc1OCC. The quantitative estimate of drug-likeness (QED) is 0.634. The second-order valence-corrected chi connectivity index (χ2v) is 6.38. The topological polar surface area (TPSA) is 73.9 Å². The number of halogens is 1. The Hall–Kier alpha value is -2.73. The molecule has 0 aliphatic carbocycles. The second-order valence-electron chi connectivity index (χ2n) is 5.95. The molecule has 2 aromatic carbocycles. The van der Waals surface area contributed by atoms with E-state index in [1.165, 1.54) is 0 Å². The molecule has 0 radical (unpaired) electrons. The Morgan fingerprint density at radius 1 is 1.04 bits per heavy atom. The standard InChI is InChI=1S/C21H24ClNO5/c1-4-26-18-10-9-16(12-19(18)27-5-2)21(25)28-13-20(24)23-14(3)15-7-6-8-17(22)11-15/h6-12,14H,4-5,13H2,1-3H3,(H,23,24)/t14-/m0/s1. The molecule has 2 rings (SSSR count). The van der Waals surface area contributed by atoms with Crippen molar-refractivity contribution in [2.45, 2.75) is 26.8 Å². The average Bonchev–Trinajstić information content (AvgIpc) is 2.67. The van der Waals surface area contributed by atoms with Gasteiger partial charge in [0, 0.05) is 5.02 Å². The number of carbonyl (C=O) groups excluding carboxylic acids is 2. The molecule has 28 heavy (non-hydrogen) atoms. The molecule has 0 bridgehead atoms. The maximum absolute atomic E-state index is 12.3. The first kappa shape index (κ1) is 21.6. The molecule has 0 fully saturated rings. The lowest BCUT2D eigenvalue weighted by atomic mass is 10.1. The molecular formula is C21H24ClNO5. The van der Waals surface area contributed by atoms with E-state index < -0.39 is 11.9 Å². The molecule has 1 atom stereocenters. The van der Waals surface area contributed by atoms with E-state index in [4.69, 9.17) is 25.8 Å². The van der Waals surface area contributed by atoms with Crippen molar-refractivity contribution in [2.24, 2.45) is 0 Å². The van der Waals surface area contributed by atoms with Crippen LogP contribution < -0.4 is 14.8 Å². The maximum Gasteiger partial charge on any atom is 0.338 e. The zero-order valence-corrected chi connectivity index (χ0v) is 16.9.